The SMILES string of the molecule is CC(C)=NNc1nc(OCc2ccc(F)cc2)ncc1F. The first kappa shape index (κ1) is 14.8. The maximum atomic E-state index is 13.5. The molecule has 0 bridgehead atoms. The number of nitrogens with zero attached hydrogens (tertiary/aromatic N) is 3. The van der Waals surface area contributed by atoms with Crippen LogP contribution in [0.4, 0.5) is 14.6 Å². The monoisotopic (exact) mass is 292 g/mol. The van der Waals surface area contributed by atoms with Crippen molar-refractivity contribution in [2.45, 2.75) is 20.5 Å². The highest BCUT2D eigenvalue weighted by Gasteiger charge is 2.07. The van der Waals surface area contributed by atoms with E-state index in [1.807, 2.05) is 0 Å². The topological polar surface area (TPSA) is 59.4 Å². The van der Waals surface area contributed by atoms with Crippen LogP contribution in [-0.4, -0.2) is 15.7 Å². The van der Waals surface area contributed by atoms with E-state index in [0.717, 1.165) is 17.5 Å². The normalized spacial score (nSPS) is 10.1. The van der Waals surface area contributed by atoms with Gasteiger partial charge in [0, 0.05) is 5.71 Å². The molecule has 110 valence electrons. The van der Waals surface area contributed by atoms with Crippen molar-refractivity contribution in [1.82, 2.24) is 9.97 Å². The summed E-state index contributed by atoms with van der Waals surface area (Å²) in [4.78, 5) is 7.60. The maximum Gasteiger partial charge on any atom is 0.318 e. The molecule has 1 heterocycles. The maximum absolute atomic E-state index is 13.5. The summed E-state index contributed by atoms with van der Waals surface area (Å²) < 4.78 is 31.6. The summed E-state index contributed by atoms with van der Waals surface area (Å²) in [7, 11) is 0. The molecule has 7 heteroatoms. The second-order valence-corrected chi connectivity index (χ2v) is 4.44. The molecule has 0 saturated carbocycles. The number of halogens is 2. The summed E-state index contributed by atoms with van der Waals surface area (Å²) >= 11 is 0. The number of rotatable bonds is 5. The van der Waals surface area contributed by atoms with Gasteiger partial charge in [-0.05, 0) is 31.5 Å². The van der Waals surface area contributed by atoms with Gasteiger partial charge in [-0.1, -0.05) is 12.1 Å². The average Bonchev–Trinajstić information content (AvgIpc) is 2.46. The lowest BCUT2D eigenvalue weighted by molar-refractivity contribution is 0.279. The third kappa shape index (κ3) is 4.48. The number of ether oxygens (including phenoxy) is 1. The van der Waals surface area contributed by atoms with Crippen molar-refractivity contribution in [2.75, 3.05) is 5.43 Å². The van der Waals surface area contributed by atoms with Crippen molar-refractivity contribution in [2.24, 2.45) is 5.10 Å². The van der Waals surface area contributed by atoms with Crippen LogP contribution in [0.2, 0.25) is 0 Å². The second-order valence-electron chi connectivity index (χ2n) is 4.44. The van der Waals surface area contributed by atoms with E-state index in [-0.39, 0.29) is 24.3 Å². The lowest BCUT2D eigenvalue weighted by Crippen LogP contribution is -2.04. The Morgan fingerprint density at radius 2 is 1.95 bits per heavy atom. The quantitative estimate of drug-likeness (QED) is 0.679. The first-order chi connectivity index (χ1) is 10.0. The number of anilines is 1. The predicted molar refractivity (Wildman–Crippen MR) is 75.1 cm³/mol. The zero-order chi connectivity index (χ0) is 15.2. The van der Waals surface area contributed by atoms with Crippen LogP contribution in [0.15, 0.2) is 35.6 Å². The molecule has 0 spiro atoms. The van der Waals surface area contributed by atoms with Crippen LogP contribution in [0, 0.1) is 11.6 Å². The lowest BCUT2D eigenvalue weighted by Gasteiger charge is -2.07. The summed E-state index contributed by atoms with van der Waals surface area (Å²) in [6.45, 7) is 3.68. The van der Waals surface area contributed by atoms with Crippen molar-refractivity contribution in [3.05, 3.63) is 47.7 Å². The number of hydrogen-bond donors (Lipinski definition) is 1. The third-order valence-corrected chi connectivity index (χ3v) is 2.39. The van der Waals surface area contributed by atoms with Crippen LogP contribution in [0.5, 0.6) is 6.01 Å². The Morgan fingerprint density at radius 1 is 1.24 bits per heavy atom. The highest BCUT2D eigenvalue weighted by molar-refractivity contribution is 5.79. The largest absolute Gasteiger partial charge is 0.459 e. The zero-order valence-electron chi connectivity index (χ0n) is 11.6. The molecule has 5 nitrogen and oxygen atoms in total. The highest BCUT2D eigenvalue weighted by atomic mass is 19.1. The van der Waals surface area contributed by atoms with Crippen molar-refractivity contribution < 1.29 is 13.5 Å². The molecule has 1 aromatic carbocycles. The number of nitrogens with one attached hydrogen (secondary N) is 1. The minimum Gasteiger partial charge on any atom is -0.459 e. The zero-order valence-corrected chi connectivity index (χ0v) is 11.6. The molecule has 21 heavy (non-hydrogen) atoms. The van der Waals surface area contributed by atoms with E-state index < -0.39 is 5.82 Å². The Hall–Kier alpha value is -2.57. The summed E-state index contributed by atoms with van der Waals surface area (Å²) in [5.74, 6) is -1.02. The van der Waals surface area contributed by atoms with Crippen LogP contribution in [0.1, 0.15) is 19.4 Å². The molecule has 0 aliphatic heterocycles. The molecule has 0 atom stereocenters. The van der Waals surface area contributed by atoms with Gasteiger partial charge >= 0.3 is 6.01 Å². The van der Waals surface area contributed by atoms with Crippen molar-refractivity contribution in [3.63, 3.8) is 0 Å². The number of hydrogen-bond acceptors (Lipinski definition) is 5. The lowest BCUT2D eigenvalue weighted by atomic mass is 10.2. The molecule has 0 radical (unpaired) electrons. The van der Waals surface area contributed by atoms with Crippen molar-refractivity contribution in [1.29, 1.82) is 0 Å². The standard InChI is InChI=1S/C14H14F2N4O/c1-9(2)19-20-13-12(16)7-17-14(18-13)21-8-10-3-5-11(15)6-4-10/h3-7H,8H2,1-2H3,(H,17,18,20). The van der Waals surface area contributed by atoms with Crippen LogP contribution in [-0.2, 0) is 6.61 Å². The molecule has 0 amide bonds. The second kappa shape index (κ2) is 6.74. The molecular formula is C14H14F2N4O. The Balaban J connectivity index is 2.05. The first-order valence-electron chi connectivity index (χ1n) is 6.21. The van der Waals surface area contributed by atoms with E-state index in [1.54, 1.807) is 26.0 Å². The molecule has 2 rings (SSSR count). The molecule has 0 saturated heterocycles. The summed E-state index contributed by atoms with van der Waals surface area (Å²) in [6.07, 6.45) is 0.996. The fourth-order valence-electron chi connectivity index (χ4n) is 1.39. The highest BCUT2D eigenvalue weighted by Crippen LogP contribution is 2.14. The van der Waals surface area contributed by atoms with Crippen molar-refractivity contribution in [3.8, 4) is 6.01 Å². The van der Waals surface area contributed by atoms with Gasteiger partial charge in [0.1, 0.15) is 12.4 Å². The molecule has 0 aliphatic rings. The fourth-order valence-corrected chi connectivity index (χ4v) is 1.39. The molecule has 0 fully saturated rings. The van der Waals surface area contributed by atoms with Crippen molar-refractivity contribution >= 4 is 11.5 Å². The molecule has 1 aromatic heterocycles. The summed E-state index contributed by atoms with van der Waals surface area (Å²) in [5.41, 5.74) is 3.97. The van der Waals surface area contributed by atoms with E-state index >= 15 is 0 Å². The smallest absolute Gasteiger partial charge is 0.318 e. The van der Waals surface area contributed by atoms with Gasteiger partial charge in [-0.3, -0.25) is 5.43 Å². The van der Waals surface area contributed by atoms with Gasteiger partial charge in [0.05, 0.1) is 6.20 Å². The van der Waals surface area contributed by atoms with E-state index in [1.165, 1.54) is 12.1 Å². The van der Waals surface area contributed by atoms with Crippen LogP contribution >= 0.6 is 0 Å². The summed E-state index contributed by atoms with van der Waals surface area (Å²) in [6, 6.07) is 5.84. The minimum absolute atomic E-state index is 0.00665. The first-order valence-corrected chi connectivity index (χ1v) is 6.21. The molecule has 2 aromatic rings. The van der Waals surface area contributed by atoms with Crippen LogP contribution in [0.25, 0.3) is 0 Å². The number of hydrazone groups is 1. The van der Waals surface area contributed by atoms with Gasteiger partial charge in [0.15, 0.2) is 11.6 Å². The fraction of sp³-hybridized carbons (Fsp3) is 0.214. The van der Waals surface area contributed by atoms with E-state index in [0.29, 0.717) is 0 Å². The van der Waals surface area contributed by atoms with Gasteiger partial charge in [-0.2, -0.15) is 10.1 Å². The number of aromatic nitrogens is 2. The van der Waals surface area contributed by atoms with Gasteiger partial charge in [0.25, 0.3) is 0 Å². The van der Waals surface area contributed by atoms with Gasteiger partial charge in [-0.25, -0.2) is 13.8 Å². The van der Waals surface area contributed by atoms with Gasteiger partial charge in [-0.15, -0.1) is 0 Å². The summed E-state index contributed by atoms with van der Waals surface area (Å²) in [5, 5.41) is 3.86. The van der Waals surface area contributed by atoms with E-state index in [4.69, 9.17) is 4.74 Å². The Kier molecular flexibility index (Phi) is 4.76. The van der Waals surface area contributed by atoms with Crippen LogP contribution < -0.4 is 10.2 Å². The van der Waals surface area contributed by atoms with E-state index in [9.17, 15) is 8.78 Å². The predicted octanol–water partition coefficient (Wildman–Crippen LogP) is 3.14. The van der Waals surface area contributed by atoms with Gasteiger partial charge in [0.2, 0.25) is 0 Å². The van der Waals surface area contributed by atoms with Crippen LogP contribution in [0.3, 0.4) is 0 Å². The molecule has 0 unspecified atom stereocenters. The Morgan fingerprint density at radius 3 is 2.62 bits per heavy atom. The minimum atomic E-state index is -0.630. The molecule has 0 aliphatic carbocycles. The Bertz CT molecular complexity index is 640. The third-order valence-electron chi connectivity index (χ3n) is 2.39. The molecular weight excluding hydrogens is 278 g/mol. The van der Waals surface area contributed by atoms with Gasteiger partial charge < -0.3 is 4.74 Å². The number of benzene rings is 1. The Labute approximate surface area is 120 Å². The van der Waals surface area contributed by atoms with E-state index in [2.05, 4.69) is 20.5 Å². The molecule has 1 N–H and O–H groups in total. The average molecular weight is 292 g/mol.